The van der Waals surface area contributed by atoms with Crippen LogP contribution >= 0.6 is 11.8 Å². The van der Waals surface area contributed by atoms with Crippen LogP contribution in [0.2, 0.25) is 0 Å². The Bertz CT molecular complexity index is 902. The quantitative estimate of drug-likeness (QED) is 0.479. The van der Waals surface area contributed by atoms with Crippen LogP contribution in [-0.4, -0.2) is 18.3 Å². The molecule has 3 heteroatoms. The molecule has 28 heavy (non-hydrogen) atoms. The first-order valence-corrected chi connectivity index (χ1v) is 11.0. The number of hydrogen-bond donors (Lipinski definition) is 0. The lowest BCUT2D eigenvalue weighted by atomic mass is 9.81. The molecule has 0 atom stereocenters. The third kappa shape index (κ3) is 5.42. The van der Waals surface area contributed by atoms with Gasteiger partial charge in [-0.2, -0.15) is 0 Å². The van der Waals surface area contributed by atoms with E-state index in [9.17, 15) is 4.79 Å². The van der Waals surface area contributed by atoms with Gasteiger partial charge in [-0.1, -0.05) is 37.8 Å². The minimum absolute atomic E-state index is 0.119. The van der Waals surface area contributed by atoms with Gasteiger partial charge in [0.2, 0.25) is 0 Å². The summed E-state index contributed by atoms with van der Waals surface area (Å²) in [5, 5.41) is 0. The molecule has 0 amide bonds. The van der Waals surface area contributed by atoms with Crippen molar-refractivity contribution in [1.29, 1.82) is 0 Å². The normalized spacial score (nSPS) is 14.5. The van der Waals surface area contributed by atoms with Gasteiger partial charge in [-0.25, -0.2) is 0 Å². The van der Waals surface area contributed by atoms with Crippen molar-refractivity contribution in [1.82, 2.24) is 0 Å². The van der Waals surface area contributed by atoms with E-state index in [0.29, 0.717) is 13.0 Å². The largest absolute Gasteiger partial charge is 0.466 e. The first kappa shape index (κ1) is 20.6. The predicted molar refractivity (Wildman–Crippen MR) is 117 cm³/mol. The Morgan fingerprint density at radius 2 is 1.93 bits per heavy atom. The van der Waals surface area contributed by atoms with Crippen molar-refractivity contribution < 1.29 is 9.53 Å². The molecule has 0 unspecified atom stereocenters. The van der Waals surface area contributed by atoms with Crippen molar-refractivity contribution in [3.8, 4) is 11.8 Å². The number of benzene rings is 2. The molecular weight excluding hydrogens is 364 g/mol. The number of hydrogen-bond acceptors (Lipinski definition) is 3. The van der Waals surface area contributed by atoms with E-state index in [4.69, 9.17) is 4.74 Å². The third-order valence-electron chi connectivity index (χ3n) is 5.12. The summed E-state index contributed by atoms with van der Waals surface area (Å²) in [6.45, 7) is 6.93. The maximum Gasteiger partial charge on any atom is 0.305 e. The highest BCUT2D eigenvalue weighted by atomic mass is 32.2. The molecule has 0 saturated carbocycles. The van der Waals surface area contributed by atoms with Gasteiger partial charge in [0, 0.05) is 22.4 Å². The van der Waals surface area contributed by atoms with E-state index in [1.165, 1.54) is 28.2 Å². The molecular formula is C25H28O2S. The van der Waals surface area contributed by atoms with E-state index in [-0.39, 0.29) is 11.4 Å². The molecule has 2 aromatic rings. The number of carbonyl (C=O) groups is 1. The fraction of sp³-hybridized carbons (Fsp3) is 0.400. The van der Waals surface area contributed by atoms with Crippen molar-refractivity contribution in [2.75, 3.05) is 12.4 Å². The number of rotatable bonds is 5. The maximum atomic E-state index is 11.5. The van der Waals surface area contributed by atoms with Gasteiger partial charge in [0.25, 0.3) is 0 Å². The van der Waals surface area contributed by atoms with Crippen molar-refractivity contribution in [2.45, 2.75) is 56.8 Å². The molecule has 0 bridgehead atoms. The van der Waals surface area contributed by atoms with Gasteiger partial charge < -0.3 is 4.74 Å². The van der Waals surface area contributed by atoms with Crippen LogP contribution in [0.15, 0.2) is 47.4 Å². The summed E-state index contributed by atoms with van der Waals surface area (Å²) in [7, 11) is 0. The van der Waals surface area contributed by atoms with Crippen LogP contribution in [0, 0.1) is 11.8 Å². The van der Waals surface area contributed by atoms with E-state index in [2.05, 4.69) is 56.0 Å². The number of fused-ring (bicyclic) bond motifs is 1. The lowest BCUT2D eigenvalue weighted by molar-refractivity contribution is -0.143. The van der Waals surface area contributed by atoms with E-state index in [1.807, 2.05) is 30.8 Å². The average Bonchev–Trinajstić information content (AvgIpc) is 2.67. The minimum Gasteiger partial charge on any atom is -0.466 e. The minimum atomic E-state index is -0.119. The summed E-state index contributed by atoms with van der Waals surface area (Å²) in [6.07, 6.45) is 3.33. The monoisotopic (exact) mass is 392 g/mol. The zero-order valence-corrected chi connectivity index (χ0v) is 17.8. The van der Waals surface area contributed by atoms with Gasteiger partial charge in [0.05, 0.1) is 6.61 Å². The van der Waals surface area contributed by atoms with Crippen LogP contribution in [0.5, 0.6) is 0 Å². The molecule has 1 heterocycles. The molecule has 2 aromatic carbocycles. The van der Waals surface area contributed by atoms with Gasteiger partial charge in [-0.3, -0.25) is 4.79 Å². The molecule has 1 aliphatic rings. The Morgan fingerprint density at radius 3 is 2.71 bits per heavy atom. The Labute approximate surface area is 173 Å². The van der Waals surface area contributed by atoms with E-state index in [0.717, 1.165) is 24.0 Å². The summed E-state index contributed by atoms with van der Waals surface area (Å²) < 4.78 is 4.98. The molecule has 0 spiro atoms. The van der Waals surface area contributed by atoms with Gasteiger partial charge in [-0.15, -0.1) is 11.8 Å². The van der Waals surface area contributed by atoms with Gasteiger partial charge >= 0.3 is 5.97 Å². The van der Waals surface area contributed by atoms with Crippen molar-refractivity contribution >= 4 is 17.7 Å². The Kier molecular flexibility index (Phi) is 6.86. The van der Waals surface area contributed by atoms with Crippen molar-refractivity contribution in [2.24, 2.45) is 0 Å². The first-order chi connectivity index (χ1) is 13.5. The number of esters is 1. The molecule has 146 valence electrons. The second-order valence-corrected chi connectivity index (χ2v) is 8.94. The summed E-state index contributed by atoms with van der Waals surface area (Å²) in [5.41, 5.74) is 4.93. The lowest BCUT2D eigenvalue weighted by Gasteiger charge is -2.32. The Morgan fingerprint density at radius 1 is 1.14 bits per heavy atom. The molecule has 0 radical (unpaired) electrons. The van der Waals surface area contributed by atoms with Gasteiger partial charge in [0.1, 0.15) is 0 Å². The predicted octanol–water partition coefficient (Wildman–Crippen LogP) is 5.75. The van der Waals surface area contributed by atoms with E-state index < -0.39 is 0 Å². The average molecular weight is 393 g/mol. The SMILES string of the molecule is CCOC(=O)CCCc1cccc(C#Cc2ccc3c(c2)C(C)(C)CCS3)c1. The molecule has 1 aliphatic heterocycles. The van der Waals surface area contributed by atoms with Crippen molar-refractivity contribution in [3.05, 3.63) is 64.7 Å². The molecule has 0 aromatic heterocycles. The zero-order valence-electron chi connectivity index (χ0n) is 17.0. The van der Waals surface area contributed by atoms with E-state index >= 15 is 0 Å². The number of ether oxygens (including phenoxy) is 1. The van der Waals surface area contributed by atoms with Crippen molar-refractivity contribution in [3.63, 3.8) is 0 Å². The highest BCUT2D eigenvalue weighted by Gasteiger charge is 2.27. The summed E-state index contributed by atoms with van der Waals surface area (Å²) in [5.74, 6) is 7.71. The third-order valence-corrected chi connectivity index (χ3v) is 6.20. The number of carbonyl (C=O) groups excluding carboxylic acids is 1. The van der Waals surface area contributed by atoms with Crippen LogP contribution in [0.25, 0.3) is 0 Å². The van der Waals surface area contributed by atoms with Crippen LogP contribution in [0.4, 0.5) is 0 Å². The Hall–Kier alpha value is -2.18. The summed E-state index contributed by atoms with van der Waals surface area (Å²) in [4.78, 5) is 12.9. The highest BCUT2D eigenvalue weighted by Crippen LogP contribution is 2.41. The maximum absolute atomic E-state index is 11.5. The van der Waals surface area contributed by atoms with Crippen LogP contribution in [-0.2, 0) is 21.4 Å². The summed E-state index contributed by atoms with van der Waals surface area (Å²) in [6, 6.07) is 14.9. The zero-order chi connectivity index (χ0) is 20.0. The van der Waals surface area contributed by atoms with Crippen LogP contribution in [0.1, 0.15) is 62.3 Å². The molecule has 2 nitrogen and oxygen atoms in total. The molecule has 0 N–H and O–H groups in total. The topological polar surface area (TPSA) is 26.3 Å². The smallest absolute Gasteiger partial charge is 0.305 e. The molecule has 0 fully saturated rings. The second-order valence-electron chi connectivity index (χ2n) is 7.80. The summed E-state index contributed by atoms with van der Waals surface area (Å²) >= 11 is 1.95. The van der Waals surface area contributed by atoms with Crippen LogP contribution < -0.4 is 0 Å². The van der Waals surface area contributed by atoms with Gasteiger partial charge in [0.15, 0.2) is 0 Å². The molecule has 3 rings (SSSR count). The van der Waals surface area contributed by atoms with Gasteiger partial charge in [-0.05, 0) is 78.8 Å². The Balaban J connectivity index is 1.68. The fourth-order valence-electron chi connectivity index (χ4n) is 3.43. The van der Waals surface area contributed by atoms with E-state index in [1.54, 1.807) is 0 Å². The first-order valence-electron chi connectivity index (χ1n) is 10.0. The standard InChI is InChI=1S/C25H28O2S/c1-4-27-24(26)10-6-9-19-7-5-8-20(17-19)11-12-21-13-14-23-22(18-21)25(2,3)15-16-28-23/h5,7-8,13-14,17-18H,4,6,9-10,15-16H2,1-3H3. The highest BCUT2D eigenvalue weighted by molar-refractivity contribution is 7.99. The molecule has 0 saturated heterocycles. The number of thioether (sulfide) groups is 1. The second kappa shape index (κ2) is 9.34. The van der Waals surface area contributed by atoms with Crippen LogP contribution in [0.3, 0.4) is 0 Å². The molecule has 0 aliphatic carbocycles. The number of aryl methyl sites for hydroxylation is 1. The lowest BCUT2D eigenvalue weighted by Crippen LogP contribution is -2.22. The fourth-order valence-corrected chi connectivity index (χ4v) is 4.92.